The number of methoxy groups -OCH3 is 1. The van der Waals surface area contributed by atoms with Crippen LogP contribution in [0.5, 0.6) is 5.75 Å². The van der Waals surface area contributed by atoms with Crippen molar-refractivity contribution in [2.75, 3.05) is 18.6 Å². The standard InChI is InChI=1S/C21H23N3O3/c1-3-15-4-6-16(7-5-15)13-22-23-21(26)17-12-20(25)24(14-17)18-8-10-19(27-2)11-9-18/h4-11,13,17H,3,12,14H2,1-2H3,(H,23,26)/b22-13-/t17-/m0/s1. The SMILES string of the molecule is CCc1ccc(/C=N\NC(=O)[C@H]2CC(=O)N(c3ccc(OC)cc3)C2)cc1. The van der Waals surface area contributed by atoms with Gasteiger partial charge in [0.15, 0.2) is 0 Å². The molecular weight excluding hydrogens is 342 g/mol. The Morgan fingerprint density at radius 2 is 1.93 bits per heavy atom. The number of nitrogens with one attached hydrogen (secondary N) is 1. The summed E-state index contributed by atoms with van der Waals surface area (Å²) in [6.45, 7) is 2.44. The third-order valence-electron chi connectivity index (χ3n) is 4.66. The highest BCUT2D eigenvalue weighted by Crippen LogP contribution is 2.26. The highest BCUT2D eigenvalue weighted by molar-refractivity contribution is 6.00. The smallest absolute Gasteiger partial charge is 0.245 e. The molecular formula is C21H23N3O3. The Hall–Kier alpha value is -3.15. The van der Waals surface area contributed by atoms with E-state index in [0.29, 0.717) is 6.54 Å². The highest BCUT2D eigenvalue weighted by Gasteiger charge is 2.35. The van der Waals surface area contributed by atoms with Crippen LogP contribution < -0.4 is 15.1 Å². The quantitative estimate of drug-likeness (QED) is 0.632. The average Bonchev–Trinajstić information content (AvgIpc) is 3.10. The van der Waals surface area contributed by atoms with Crippen molar-refractivity contribution in [1.82, 2.24) is 5.43 Å². The number of hydrogen-bond donors (Lipinski definition) is 1. The van der Waals surface area contributed by atoms with Crippen molar-refractivity contribution >= 4 is 23.7 Å². The summed E-state index contributed by atoms with van der Waals surface area (Å²) in [5, 5.41) is 4.02. The fourth-order valence-electron chi connectivity index (χ4n) is 3.00. The van der Waals surface area contributed by atoms with Gasteiger partial charge < -0.3 is 9.64 Å². The summed E-state index contributed by atoms with van der Waals surface area (Å²) in [5.41, 5.74) is 5.47. The molecule has 0 bridgehead atoms. The molecule has 2 aromatic rings. The first kappa shape index (κ1) is 18.6. The fourth-order valence-corrected chi connectivity index (χ4v) is 3.00. The second-order valence-electron chi connectivity index (χ2n) is 6.43. The van der Waals surface area contributed by atoms with Gasteiger partial charge in [-0.25, -0.2) is 5.43 Å². The molecule has 6 nitrogen and oxygen atoms in total. The molecule has 140 valence electrons. The molecule has 27 heavy (non-hydrogen) atoms. The van der Waals surface area contributed by atoms with Gasteiger partial charge in [0.1, 0.15) is 5.75 Å². The molecule has 0 aromatic heterocycles. The largest absolute Gasteiger partial charge is 0.497 e. The zero-order valence-corrected chi connectivity index (χ0v) is 15.5. The molecule has 1 saturated heterocycles. The van der Waals surface area contributed by atoms with Crippen LogP contribution in [0, 0.1) is 5.92 Å². The van der Waals surface area contributed by atoms with Crippen molar-refractivity contribution in [2.45, 2.75) is 19.8 Å². The van der Waals surface area contributed by atoms with Crippen LogP contribution in [-0.4, -0.2) is 31.7 Å². The van der Waals surface area contributed by atoms with Gasteiger partial charge >= 0.3 is 0 Å². The maximum absolute atomic E-state index is 12.3. The van der Waals surface area contributed by atoms with Crippen molar-refractivity contribution in [3.05, 3.63) is 59.7 Å². The van der Waals surface area contributed by atoms with Gasteiger partial charge in [-0.15, -0.1) is 0 Å². The predicted octanol–water partition coefficient (Wildman–Crippen LogP) is 2.76. The Bertz CT molecular complexity index is 829. The zero-order valence-electron chi connectivity index (χ0n) is 15.5. The van der Waals surface area contributed by atoms with E-state index < -0.39 is 5.92 Å². The number of nitrogens with zero attached hydrogens (tertiary/aromatic N) is 2. The maximum Gasteiger partial charge on any atom is 0.245 e. The number of hydrazone groups is 1. The third-order valence-corrected chi connectivity index (χ3v) is 4.66. The first-order chi connectivity index (χ1) is 13.1. The Morgan fingerprint density at radius 3 is 2.56 bits per heavy atom. The molecule has 1 N–H and O–H groups in total. The van der Waals surface area contributed by atoms with Crippen LogP contribution in [0.25, 0.3) is 0 Å². The number of hydrogen-bond acceptors (Lipinski definition) is 4. The van der Waals surface area contributed by atoms with Crippen molar-refractivity contribution in [2.24, 2.45) is 11.0 Å². The second kappa shape index (κ2) is 8.49. The second-order valence-corrected chi connectivity index (χ2v) is 6.43. The summed E-state index contributed by atoms with van der Waals surface area (Å²) in [4.78, 5) is 26.2. The van der Waals surface area contributed by atoms with Gasteiger partial charge in [-0.05, 0) is 41.8 Å². The van der Waals surface area contributed by atoms with Gasteiger partial charge in [0, 0.05) is 18.7 Å². The van der Waals surface area contributed by atoms with E-state index in [1.807, 2.05) is 36.4 Å². The van der Waals surface area contributed by atoms with E-state index in [9.17, 15) is 9.59 Å². The van der Waals surface area contributed by atoms with E-state index in [1.165, 1.54) is 5.56 Å². The number of anilines is 1. The molecule has 1 aliphatic heterocycles. The van der Waals surface area contributed by atoms with Gasteiger partial charge in [0.2, 0.25) is 11.8 Å². The third kappa shape index (κ3) is 4.53. The van der Waals surface area contributed by atoms with Crippen LogP contribution in [0.15, 0.2) is 53.6 Å². The molecule has 0 saturated carbocycles. The molecule has 1 heterocycles. The number of amides is 2. The van der Waals surface area contributed by atoms with E-state index in [-0.39, 0.29) is 18.2 Å². The lowest BCUT2D eigenvalue weighted by atomic mass is 10.1. The van der Waals surface area contributed by atoms with E-state index in [4.69, 9.17) is 4.74 Å². The minimum Gasteiger partial charge on any atom is -0.497 e. The lowest BCUT2D eigenvalue weighted by Crippen LogP contribution is -2.30. The molecule has 1 aliphatic rings. The lowest BCUT2D eigenvalue weighted by molar-refractivity contribution is -0.126. The molecule has 2 aromatic carbocycles. The molecule has 2 amide bonds. The summed E-state index contributed by atoms with van der Waals surface area (Å²) in [5.74, 6) is -0.0135. The summed E-state index contributed by atoms with van der Waals surface area (Å²) in [7, 11) is 1.59. The van der Waals surface area contributed by atoms with Crippen LogP contribution in [0.3, 0.4) is 0 Å². The number of carbonyl (C=O) groups excluding carboxylic acids is 2. The van der Waals surface area contributed by atoms with Crippen LogP contribution >= 0.6 is 0 Å². The van der Waals surface area contributed by atoms with Crippen molar-refractivity contribution in [1.29, 1.82) is 0 Å². The van der Waals surface area contributed by atoms with Crippen LogP contribution in [-0.2, 0) is 16.0 Å². The number of aryl methyl sites for hydroxylation is 1. The van der Waals surface area contributed by atoms with Crippen molar-refractivity contribution < 1.29 is 14.3 Å². The number of carbonyl (C=O) groups is 2. The molecule has 0 unspecified atom stereocenters. The van der Waals surface area contributed by atoms with Crippen LogP contribution in [0.1, 0.15) is 24.5 Å². The summed E-state index contributed by atoms with van der Waals surface area (Å²) in [6, 6.07) is 15.2. The van der Waals surface area contributed by atoms with Gasteiger partial charge in [0.25, 0.3) is 0 Å². The topological polar surface area (TPSA) is 71.0 Å². The molecule has 0 radical (unpaired) electrons. The number of ether oxygens (including phenoxy) is 1. The Labute approximate surface area is 158 Å². The Kier molecular flexibility index (Phi) is 5.86. The van der Waals surface area contributed by atoms with Gasteiger partial charge in [-0.3, -0.25) is 9.59 Å². The van der Waals surface area contributed by atoms with E-state index in [1.54, 1.807) is 30.4 Å². The van der Waals surface area contributed by atoms with E-state index in [0.717, 1.165) is 23.4 Å². The minimum atomic E-state index is -0.417. The van der Waals surface area contributed by atoms with Gasteiger partial charge in [0.05, 0.1) is 19.2 Å². The van der Waals surface area contributed by atoms with E-state index >= 15 is 0 Å². The summed E-state index contributed by atoms with van der Waals surface area (Å²) in [6.07, 6.45) is 2.77. The Balaban J connectivity index is 1.57. The Morgan fingerprint density at radius 1 is 1.22 bits per heavy atom. The number of benzene rings is 2. The van der Waals surface area contributed by atoms with Crippen LogP contribution in [0.2, 0.25) is 0 Å². The summed E-state index contributed by atoms with van der Waals surface area (Å²) < 4.78 is 5.13. The minimum absolute atomic E-state index is 0.0700. The predicted molar refractivity (Wildman–Crippen MR) is 105 cm³/mol. The first-order valence-electron chi connectivity index (χ1n) is 8.97. The molecule has 1 atom stereocenters. The number of rotatable bonds is 6. The molecule has 6 heteroatoms. The highest BCUT2D eigenvalue weighted by atomic mass is 16.5. The van der Waals surface area contributed by atoms with E-state index in [2.05, 4.69) is 17.5 Å². The van der Waals surface area contributed by atoms with Crippen LogP contribution in [0.4, 0.5) is 5.69 Å². The van der Waals surface area contributed by atoms with Gasteiger partial charge in [-0.2, -0.15) is 5.10 Å². The fraction of sp³-hybridized carbons (Fsp3) is 0.286. The maximum atomic E-state index is 12.3. The monoisotopic (exact) mass is 365 g/mol. The van der Waals surface area contributed by atoms with Gasteiger partial charge in [-0.1, -0.05) is 31.2 Å². The van der Waals surface area contributed by atoms with Crippen molar-refractivity contribution in [3.63, 3.8) is 0 Å². The molecule has 3 rings (SSSR count). The average molecular weight is 365 g/mol. The molecule has 0 aliphatic carbocycles. The molecule has 0 spiro atoms. The van der Waals surface area contributed by atoms with Crippen molar-refractivity contribution in [3.8, 4) is 5.75 Å². The molecule has 1 fully saturated rings. The zero-order chi connectivity index (χ0) is 19.2. The first-order valence-corrected chi connectivity index (χ1v) is 8.97. The normalized spacial score (nSPS) is 16.7. The lowest BCUT2D eigenvalue weighted by Gasteiger charge is -2.16. The summed E-state index contributed by atoms with van der Waals surface area (Å²) >= 11 is 0.